The van der Waals surface area contributed by atoms with Crippen LogP contribution in [0.5, 0.6) is 0 Å². The second-order valence-corrected chi connectivity index (χ2v) is 9.25. The lowest BCUT2D eigenvalue weighted by molar-refractivity contribution is -0.141. The van der Waals surface area contributed by atoms with E-state index in [2.05, 4.69) is 5.32 Å². The minimum atomic E-state index is -0.951. The molecule has 1 aromatic heterocycles. The van der Waals surface area contributed by atoms with Crippen molar-refractivity contribution in [3.05, 3.63) is 69.1 Å². The third-order valence-electron chi connectivity index (χ3n) is 6.34. The molecular formula is C25H25Cl2FN2O3. The van der Waals surface area contributed by atoms with Crippen LogP contribution in [0.15, 0.2) is 36.4 Å². The van der Waals surface area contributed by atoms with Crippen LogP contribution < -0.4 is 5.32 Å². The molecule has 3 aromatic rings. The van der Waals surface area contributed by atoms with Gasteiger partial charge in [-0.3, -0.25) is 4.79 Å². The topological polar surface area (TPSA) is 71.3 Å². The lowest BCUT2D eigenvalue weighted by Gasteiger charge is -2.26. The van der Waals surface area contributed by atoms with E-state index in [0.717, 1.165) is 16.8 Å². The van der Waals surface area contributed by atoms with Crippen molar-refractivity contribution in [3.8, 4) is 0 Å². The fraction of sp³-hybridized carbons (Fsp3) is 0.360. The zero-order valence-electron chi connectivity index (χ0n) is 18.2. The Kier molecular flexibility index (Phi) is 6.96. The van der Waals surface area contributed by atoms with E-state index >= 15 is 0 Å². The number of carbonyl (C=O) groups is 2. The van der Waals surface area contributed by atoms with E-state index in [1.807, 2.05) is 18.2 Å². The van der Waals surface area contributed by atoms with Gasteiger partial charge in [-0.15, -0.1) is 0 Å². The Morgan fingerprint density at radius 2 is 2.00 bits per heavy atom. The Labute approximate surface area is 201 Å². The van der Waals surface area contributed by atoms with Crippen molar-refractivity contribution >= 4 is 46.0 Å². The molecular weight excluding hydrogens is 466 g/mol. The van der Waals surface area contributed by atoms with Gasteiger partial charge >= 0.3 is 5.97 Å². The normalized spacial score (nSPS) is 16.4. The van der Waals surface area contributed by atoms with Gasteiger partial charge in [0, 0.05) is 28.6 Å². The Morgan fingerprint density at radius 1 is 1.24 bits per heavy atom. The number of aliphatic carboxylic acids is 1. The van der Waals surface area contributed by atoms with Crippen molar-refractivity contribution < 1.29 is 19.1 Å². The number of carboxylic acid groups (broad SMARTS) is 1. The van der Waals surface area contributed by atoms with Gasteiger partial charge < -0.3 is 15.0 Å². The van der Waals surface area contributed by atoms with E-state index in [9.17, 15) is 19.1 Å². The summed E-state index contributed by atoms with van der Waals surface area (Å²) in [7, 11) is 0. The number of carbonyl (C=O) groups excluding carboxylic acids is 1. The van der Waals surface area contributed by atoms with Crippen LogP contribution in [0.3, 0.4) is 0 Å². The SMILES string of the molecule is CCC(C(=O)O)n1c2c(c3cc(F)cc(Cl)c31)C[C@@H](NC(=O)CCc1ccccc1Cl)CC2. The molecule has 0 bridgehead atoms. The van der Waals surface area contributed by atoms with Gasteiger partial charge in [0.05, 0.1) is 10.5 Å². The maximum Gasteiger partial charge on any atom is 0.326 e. The van der Waals surface area contributed by atoms with Gasteiger partial charge in [0.25, 0.3) is 0 Å². The van der Waals surface area contributed by atoms with Crippen molar-refractivity contribution in [3.63, 3.8) is 0 Å². The molecule has 5 nitrogen and oxygen atoms in total. The van der Waals surface area contributed by atoms with Crippen LogP contribution in [-0.4, -0.2) is 27.6 Å². The number of fused-ring (bicyclic) bond motifs is 3. The molecule has 1 unspecified atom stereocenters. The monoisotopic (exact) mass is 490 g/mol. The van der Waals surface area contributed by atoms with Crippen LogP contribution in [0.1, 0.15) is 49.0 Å². The standard InChI is InChI=1S/C25H25Cl2FN2O3/c1-2-21(25(32)33)30-22-9-8-16(13-17(22)18-11-15(28)12-20(27)24(18)30)29-23(31)10-7-14-5-3-4-6-19(14)26/h3-6,11-12,16,21H,2,7-10,13H2,1H3,(H,29,31)(H,32,33)/t16-,21?/m0/s1. The number of hydrogen-bond donors (Lipinski definition) is 2. The van der Waals surface area contributed by atoms with Gasteiger partial charge in [-0.1, -0.05) is 48.3 Å². The fourth-order valence-electron chi connectivity index (χ4n) is 4.82. The van der Waals surface area contributed by atoms with Crippen molar-refractivity contribution in [1.29, 1.82) is 0 Å². The second-order valence-electron chi connectivity index (χ2n) is 8.44. The Bertz CT molecular complexity index is 1220. The highest BCUT2D eigenvalue weighted by Crippen LogP contribution is 2.39. The summed E-state index contributed by atoms with van der Waals surface area (Å²) in [6.45, 7) is 1.80. The highest BCUT2D eigenvalue weighted by molar-refractivity contribution is 6.35. The zero-order valence-corrected chi connectivity index (χ0v) is 19.7. The molecule has 1 aliphatic carbocycles. The second kappa shape index (κ2) is 9.74. The van der Waals surface area contributed by atoms with Crippen molar-refractivity contribution in [1.82, 2.24) is 9.88 Å². The van der Waals surface area contributed by atoms with E-state index in [1.54, 1.807) is 17.6 Å². The summed E-state index contributed by atoms with van der Waals surface area (Å²) in [4.78, 5) is 24.6. The van der Waals surface area contributed by atoms with E-state index < -0.39 is 17.8 Å². The molecule has 2 N–H and O–H groups in total. The molecule has 1 amide bonds. The lowest BCUT2D eigenvalue weighted by atomic mass is 9.91. The summed E-state index contributed by atoms with van der Waals surface area (Å²) in [5, 5.41) is 14.3. The smallest absolute Gasteiger partial charge is 0.326 e. The predicted molar refractivity (Wildman–Crippen MR) is 128 cm³/mol. The minimum Gasteiger partial charge on any atom is -0.480 e. The summed E-state index contributed by atoms with van der Waals surface area (Å²) in [5.41, 5.74) is 3.18. The summed E-state index contributed by atoms with van der Waals surface area (Å²) in [5.74, 6) is -1.50. The number of nitrogens with zero attached hydrogens (tertiary/aromatic N) is 1. The number of nitrogens with one attached hydrogen (secondary N) is 1. The predicted octanol–water partition coefficient (Wildman–Crippen LogP) is 5.73. The maximum atomic E-state index is 14.2. The molecule has 1 aliphatic rings. The largest absolute Gasteiger partial charge is 0.480 e. The molecule has 0 saturated heterocycles. The number of rotatable bonds is 7. The number of hydrogen-bond acceptors (Lipinski definition) is 2. The molecule has 8 heteroatoms. The highest BCUT2D eigenvalue weighted by Gasteiger charge is 2.32. The minimum absolute atomic E-state index is 0.0757. The van der Waals surface area contributed by atoms with Crippen molar-refractivity contribution in [2.75, 3.05) is 0 Å². The lowest BCUT2D eigenvalue weighted by Crippen LogP contribution is -2.39. The number of aromatic nitrogens is 1. The first-order valence-corrected chi connectivity index (χ1v) is 11.8. The van der Waals surface area contributed by atoms with Crippen LogP contribution in [-0.2, 0) is 28.9 Å². The fourth-order valence-corrected chi connectivity index (χ4v) is 5.35. The molecule has 2 atom stereocenters. The van der Waals surface area contributed by atoms with E-state index in [4.69, 9.17) is 23.2 Å². The van der Waals surface area contributed by atoms with Gasteiger partial charge in [-0.25, -0.2) is 9.18 Å². The van der Waals surface area contributed by atoms with Crippen LogP contribution >= 0.6 is 23.2 Å². The average molecular weight is 491 g/mol. The molecule has 2 aromatic carbocycles. The van der Waals surface area contributed by atoms with Crippen molar-refractivity contribution in [2.45, 2.75) is 57.5 Å². The number of benzene rings is 2. The zero-order chi connectivity index (χ0) is 23.7. The summed E-state index contributed by atoms with van der Waals surface area (Å²) in [6.07, 6.45) is 2.96. The van der Waals surface area contributed by atoms with E-state index in [0.29, 0.717) is 54.5 Å². The number of aryl methyl sites for hydroxylation is 1. The molecule has 33 heavy (non-hydrogen) atoms. The molecule has 1 heterocycles. The van der Waals surface area contributed by atoms with Gasteiger partial charge in [-0.05, 0) is 61.4 Å². The van der Waals surface area contributed by atoms with Gasteiger partial charge in [0.1, 0.15) is 11.9 Å². The van der Waals surface area contributed by atoms with E-state index in [1.165, 1.54) is 12.1 Å². The number of carboxylic acids is 1. The summed E-state index contributed by atoms with van der Waals surface area (Å²) in [6, 6.07) is 9.16. The third kappa shape index (κ3) is 4.73. The molecule has 0 spiro atoms. The summed E-state index contributed by atoms with van der Waals surface area (Å²) < 4.78 is 16.0. The molecule has 0 saturated carbocycles. The van der Waals surface area contributed by atoms with Crippen LogP contribution in [0.2, 0.25) is 10.0 Å². The first kappa shape index (κ1) is 23.6. The van der Waals surface area contributed by atoms with Gasteiger partial charge in [0.2, 0.25) is 5.91 Å². The van der Waals surface area contributed by atoms with Crippen LogP contribution in [0.4, 0.5) is 4.39 Å². The quantitative estimate of drug-likeness (QED) is 0.444. The van der Waals surface area contributed by atoms with Gasteiger partial charge in [0.15, 0.2) is 0 Å². The maximum absolute atomic E-state index is 14.2. The van der Waals surface area contributed by atoms with Gasteiger partial charge in [-0.2, -0.15) is 0 Å². The summed E-state index contributed by atoms with van der Waals surface area (Å²) >= 11 is 12.6. The first-order chi connectivity index (χ1) is 15.8. The van der Waals surface area contributed by atoms with Crippen LogP contribution in [0.25, 0.3) is 10.9 Å². The molecule has 4 rings (SSSR count). The number of halogens is 3. The number of amides is 1. The Hall–Kier alpha value is -2.57. The Morgan fingerprint density at radius 3 is 2.70 bits per heavy atom. The molecule has 0 aliphatic heterocycles. The first-order valence-electron chi connectivity index (χ1n) is 11.1. The third-order valence-corrected chi connectivity index (χ3v) is 7.00. The highest BCUT2D eigenvalue weighted by atomic mass is 35.5. The molecule has 0 radical (unpaired) electrons. The Balaban J connectivity index is 1.59. The molecule has 174 valence electrons. The van der Waals surface area contributed by atoms with Crippen molar-refractivity contribution in [2.24, 2.45) is 0 Å². The average Bonchev–Trinajstić information content (AvgIpc) is 3.07. The van der Waals surface area contributed by atoms with Crippen LogP contribution in [0, 0.1) is 5.82 Å². The van der Waals surface area contributed by atoms with E-state index in [-0.39, 0.29) is 17.0 Å². The molecule has 0 fully saturated rings.